The zero-order chi connectivity index (χ0) is 16.3. The summed E-state index contributed by atoms with van der Waals surface area (Å²) in [7, 11) is -4.06. The second-order valence-corrected chi connectivity index (χ2v) is 5.97. The molecule has 1 amide bonds. The van der Waals surface area contributed by atoms with Gasteiger partial charge < -0.3 is 14.5 Å². The van der Waals surface area contributed by atoms with Crippen LogP contribution in [0.25, 0.3) is 0 Å². The molecule has 0 aliphatic carbocycles. The van der Waals surface area contributed by atoms with E-state index in [1.54, 1.807) is 0 Å². The lowest BCUT2D eigenvalue weighted by atomic mass is 10.4. The minimum atomic E-state index is -4.44. The number of halogens is 4. The van der Waals surface area contributed by atoms with Gasteiger partial charge in [-0.25, -0.2) is 13.6 Å². The van der Waals surface area contributed by atoms with E-state index in [1.165, 1.54) is 0 Å². The van der Waals surface area contributed by atoms with E-state index in [0.717, 1.165) is 6.07 Å². The lowest BCUT2D eigenvalue weighted by molar-refractivity contribution is -0.173. The van der Waals surface area contributed by atoms with Crippen molar-refractivity contribution in [1.82, 2.24) is 5.32 Å². The van der Waals surface area contributed by atoms with Crippen molar-refractivity contribution in [2.75, 3.05) is 19.8 Å². The van der Waals surface area contributed by atoms with Crippen LogP contribution < -0.4 is 10.5 Å². The van der Waals surface area contributed by atoms with Gasteiger partial charge in [0.1, 0.15) is 11.5 Å². The quantitative estimate of drug-likeness (QED) is 0.699. The van der Waals surface area contributed by atoms with Gasteiger partial charge in [0.2, 0.25) is 10.0 Å². The van der Waals surface area contributed by atoms with Crippen LogP contribution in [0, 0.1) is 0 Å². The predicted molar refractivity (Wildman–Crippen MR) is 67.0 cm³/mol. The summed E-state index contributed by atoms with van der Waals surface area (Å²) in [6, 6.07) is 0.894. The van der Waals surface area contributed by atoms with E-state index in [2.05, 4.69) is 26.0 Å². The van der Waals surface area contributed by atoms with E-state index in [9.17, 15) is 26.4 Å². The molecule has 12 heteroatoms. The van der Waals surface area contributed by atoms with E-state index in [4.69, 9.17) is 9.56 Å². The summed E-state index contributed by atoms with van der Waals surface area (Å²) in [6.07, 6.45) is -4.44. The second kappa shape index (κ2) is 6.77. The Morgan fingerprint density at radius 2 is 2.10 bits per heavy atom. The van der Waals surface area contributed by atoms with Crippen molar-refractivity contribution in [3.05, 3.63) is 16.5 Å². The minimum absolute atomic E-state index is 0.210. The zero-order valence-electron chi connectivity index (χ0n) is 10.2. The molecule has 0 unspecified atom stereocenters. The van der Waals surface area contributed by atoms with Gasteiger partial charge in [-0.1, -0.05) is 0 Å². The van der Waals surface area contributed by atoms with Crippen molar-refractivity contribution in [2.24, 2.45) is 5.14 Å². The molecule has 1 aromatic heterocycles. The van der Waals surface area contributed by atoms with Gasteiger partial charge >= 0.3 is 6.18 Å². The summed E-state index contributed by atoms with van der Waals surface area (Å²) >= 11 is 2.78. The first-order valence-corrected chi connectivity index (χ1v) is 7.59. The number of nitrogens with one attached hydrogen (secondary N) is 1. The lowest BCUT2D eigenvalue weighted by Crippen LogP contribution is -2.28. The number of rotatable bonds is 6. The second-order valence-electron chi connectivity index (χ2n) is 3.72. The average Bonchev–Trinajstić information content (AvgIpc) is 2.69. The molecule has 0 aliphatic heterocycles. The molecule has 1 heterocycles. The normalized spacial score (nSPS) is 12.4. The molecule has 3 N–H and O–H groups in total. The van der Waals surface area contributed by atoms with Gasteiger partial charge in [-0.15, -0.1) is 0 Å². The molecule has 1 aromatic rings. The third-order valence-electron chi connectivity index (χ3n) is 1.98. The molecule has 0 fully saturated rings. The number of primary sulfonamides is 1. The van der Waals surface area contributed by atoms with Gasteiger partial charge in [0.25, 0.3) is 5.91 Å². The zero-order valence-corrected chi connectivity index (χ0v) is 12.6. The molecule has 0 spiro atoms. The van der Waals surface area contributed by atoms with E-state index in [-0.39, 0.29) is 23.6 Å². The standard InChI is InChI=1S/C9H10BrF3N2O5S/c10-7-6(21(14,17)18)3-5(20-7)8(16)15-1-2-19-4-9(11,12)13/h3H,1-2,4H2,(H,15,16)(H2,14,17,18). The molecule has 0 aromatic carbocycles. The number of alkyl halides is 3. The molecule has 120 valence electrons. The maximum Gasteiger partial charge on any atom is 0.411 e. The molecule has 7 nitrogen and oxygen atoms in total. The highest BCUT2D eigenvalue weighted by Gasteiger charge is 2.27. The highest BCUT2D eigenvalue weighted by Crippen LogP contribution is 2.24. The first-order valence-electron chi connectivity index (χ1n) is 5.25. The molecule has 0 aliphatic rings. The van der Waals surface area contributed by atoms with Crippen LogP contribution in [0.4, 0.5) is 13.2 Å². The summed E-state index contributed by atoms with van der Waals surface area (Å²) in [5.74, 6) is -1.18. The fourth-order valence-corrected chi connectivity index (χ4v) is 2.67. The van der Waals surface area contributed by atoms with E-state index >= 15 is 0 Å². The Kier molecular flexibility index (Phi) is 5.78. The fraction of sp³-hybridized carbons (Fsp3) is 0.444. The van der Waals surface area contributed by atoms with Gasteiger partial charge in [-0.2, -0.15) is 13.2 Å². The fourth-order valence-electron chi connectivity index (χ4n) is 1.17. The number of hydrogen-bond acceptors (Lipinski definition) is 5. The molecule has 21 heavy (non-hydrogen) atoms. The van der Waals surface area contributed by atoms with E-state index < -0.39 is 33.6 Å². The minimum Gasteiger partial charge on any atom is -0.443 e. The molecule has 0 radical (unpaired) electrons. The Labute approximate surface area is 125 Å². The molecule has 0 saturated carbocycles. The van der Waals surface area contributed by atoms with Crippen LogP contribution in [0.3, 0.4) is 0 Å². The Hall–Kier alpha value is -1.11. The van der Waals surface area contributed by atoms with Crippen molar-refractivity contribution < 1.29 is 35.5 Å². The largest absolute Gasteiger partial charge is 0.443 e. The van der Waals surface area contributed by atoms with Crippen molar-refractivity contribution in [2.45, 2.75) is 11.1 Å². The van der Waals surface area contributed by atoms with Gasteiger partial charge in [-0.05, 0) is 15.9 Å². The summed E-state index contributed by atoms with van der Waals surface area (Å²) in [4.78, 5) is 11.1. The van der Waals surface area contributed by atoms with Crippen molar-refractivity contribution in [3.63, 3.8) is 0 Å². The predicted octanol–water partition coefficient (Wildman–Crippen LogP) is 0.998. The number of carbonyl (C=O) groups excluding carboxylic acids is 1. The van der Waals surface area contributed by atoms with Gasteiger partial charge in [0.15, 0.2) is 10.4 Å². The maximum absolute atomic E-state index is 11.8. The first kappa shape index (κ1) is 17.9. The van der Waals surface area contributed by atoms with Gasteiger partial charge in [0, 0.05) is 12.6 Å². The molecular weight excluding hydrogens is 385 g/mol. The van der Waals surface area contributed by atoms with Gasteiger partial charge in [-0.3, -0.25) is 4.79 Å². The number of sulfonamides is 1. The van der Waals surface area contributed by atoms with Crippen molar-refractivity contribution in [3.8, 4) is 0 Å². The summed E-state index contributed by atoms with van der Waals surface area (Å²) < 4.78 is 66.4. The van der Waals surface area contributed by atoms with Crippen LogP contribution in [0.15, 0.2) is 20.0 Å². The smallest absolute Gasteiger partial charge is 0.411 e. The Balaban J connectivity index is 2.50. The molecule has 1 rings (SSSR count). The molecule has 0 bridgehead atoms. The Morgan fingerprint density at radius 1 is 1.48 bits per heavy atom. The van der Waals surface area contributed by atoms with Crippen LogP contribution in [-0.2, 0) is 14.8 Å². The topological polar surface area (TPSA) is 112 Å². The number of nitrogens with two attached hydrogens (primary N) is 1. The number of ether oxygens (including phenoxy) is 1. The van der Waals surface area contributed by atoms with Crippen LogP contribution in [-0.4, -0.2) is 40.3 Å². The summed E-state index contributed by atoms with van der Waals surface area (Å²) in [5.41, 5.74) is 0. The number of amides is 1. The highest BCUT2D eigenvalue weighted by atomic mass is 79.9. The number of carbonyl (C=O) groups is 1. The highest BCUT2D eigenvalue weighted by molar-refractivity contribution is 9.10. The Bertz CT molecular complexity index is 613. The monoisotopic (exact) mass is 394 g/mol. The molecule has 0 atom stereocenters. The first-order chi connectivity index (χ1) is 9.50. The Morgan fingerprint density at radius 3 is 2.57 bits per heavy atom. The third-order valence-corrected chi connectivity index (χ3v) is 3.75. The summed E-state index contributed by atoms with van der Waals surface area (Å²) in [5, 5.41) is 7.07. The summed E-state index contributed by atoms with van der Waals surface area (Å²) in [6.45, 7) is -2.00. The van der Waals surface area contributed by atoms with Crippen LogP contribution in [0.5, 0.6) is 0 Å². The lowest BCUT2D eigenvalue weighted by Gasteiger charge is -2.07. The third kappa shape index (κ3) is 6.03. The maximum atomic E-state index is 11.8. The van der Waals surface area contributed by atoms with Gasteiger partial charge in [0.05, 0.1) is 6.61 Å². The molecule has 0 saturated heterocycles. The van der Waals surface area contributed by atoms with Crippen molar-refractivity contribution in [1.29, 1.82) is 0 Å². The van der Waals surface area contributed by atoms with E-state index in [0.29, 0.717) is 0 Å². The van der Waals surface area contributed by atoms with E-state index in [1.807, 2.05) is 0 Å². The van der Waals surface area contributed by atoms with Crippen molar-refractivity contribution >= 4 is 31.9 Å². The molecular formula is C9H10BrF3N2O5S. The number of furan rings is 1. The SMILES string of the molecule is NS(=O)(=O)c1cc(C(=O)NCCOCC(F)(F)F)oc1Br. The van der Waals surface area contributed by atoms with Crippen LogP contribution in [0.2, 0.25) is 0 Å². The van der Waals surface area contributed by atoms with Crippen LogP contribution in [0.1, 0.15) is 10.6 Å². The average molecular weight is 395 g/mol. The number of hydrogen-bond donors (Lipinski definition) is 2. The van der Waals surface area contributed by atoms with Crippen LogP contribution >= 0.6 is 15.9 Å².